The van der Waals surface area contributed by atoms with Crippen LogP contribution in [0.1, 0.15) is 23.6 Å². The predicted molar refractivity (Wildman–Crippen MR) is 102 cm³/mol. The molecule has 0 spiro atoms. The van der Waals surface area contributed by atoms with Gasteiger partial charge in [0.25, 0.3) is 0 Å². The van der Waals surface area contributed by atoms with Gasteiger partial charge in [0.05, 0.1) is 18.9 Å². The number of hydrogen-bond donors (Lipinski definition) is 2. The van der Waals surface area contributed by atoms with Crippen molar-refractivity contribution in [3.05, 3.63) is 65.1 Å². The summed E-state index contributed by atoms with van der Waals surface area (Å²) in [6.45, 7) is 7.29. The Balaban J connectivity index is 1.94. The molecule has 0 radical (unpaired) electrons. The summed E-state index contributed by atoms with van der Waals surface area (Å²) >= 11 is 0. The van der Waals surface area contributed by atoms with Crippen molar-refractivity contribution in [3.8, 4) is 0 Å². The molecule has 1 aliphatic heterocycles. The highest BCUT2D eigenvalue weighted by molar-refractivity contribution is 6.30. The summed E-state index contributed by atoms with van der Waals surface area (Å²) in [6.07, 6.45) is 3.39. The molecular formula is C20H24N4O. The summed E-state index contributed by atoms with van der Waals surface area (Å²) in [5.74, 6) is 0. The van der Waals surface area contributed by atoms with Gasteiger partial charge in [-0.2, -0.15) is 0 Å². The topological polar surface area (TPSA) is 75.2 Å². The molecule has 0 aliphatic carbocycles. The Hall–Kier alpha value is -2.66. The van der Waals surface area contributed by atoms with E-state index < -0.39 is 0 Å². The molecule has 3 N–H and O–H groups in total. The molecule has 0 atom stereocenters. The van der Waals surface area contributed by atoms with Crippen molar-refractivity contribution in [2.45, 2.75) is 13.8 Å². The number of rotatable bonds is 4. The van der Waals surface area contributed by atoms with E-state index in [9.17, 15) is 0 Å². The first-order valence-corrected chi connectivity index (χ1v) is 8.47. The molecular weight excluding hydrogens is 312 g/mol. The fourth-order valence-corrected chi connectivity index (χ4v) is 3.20. The van der Waals surface area contributed by atoms with Crippen LogP contribution in [0.3, 0.4) is 0 Å². The number of anilines is 1. The van der Waals surface area contributed by atoms with Crippen LogP contribution in [0.4, 0.5) is 5.69 Å². The summed E-state index contributed by atoms with van der Waals surface area (Å²) in [7, 11) is 0. The number of ether oxygens (including phenoxy) is 1. The molecule has 25 heavy (non-hydrogen) atoms. The lowest BCUT2D eigenvalue weighted by Gasteiger charge is -2.30. The number of benzene rings is 1. The van der Waals surface area contributed by atoms with Crippen LogP contribution in [-0.4, -0.2) is 37.0 Å². The number of allylic oxidation sites excluding steroid dienone is 2. The van der Waals surface area contributed by atoms with Gasteiger partial charge < -0.3 is 15.4 Å². The van der Waals surface area contributed by atoms with Gasteiger partial charge in [-0.25, -0.2) is 0 Å². The van der Waals surface area contributed by atoms with Gasteiger partial charge in [0, 0.05) is 48.0 Å². The minimum Gasteiger partial charge on any atom is -0.402 e. The third-order valence-corrected chi connectivity index (χ3v) is 4.45. The van der Waals surface area contributed by atoms with Crippen LogP contribution in [0.2, 0.25) is 0 Å². The summed E-state index contributed by atoms with van der Waals surface area (Å²) in [4.78, 5) is 6.37. The summed E-state index contributed by atoms with van der Waals surface area (Å²) in [5.41, 5.74) is 12.1. The molecule has 0 amide bonds. The number of aryl methyl sites for hydroxylation is 1. The van der Waals surface area contributed by atoms with E-state index in [0.717, 1.165) is 43.0 Å². The smallest absolute Gasteiger partial charge is 0.0708 e. The molecule has 0 saturated carbocycles. The summed E-state index contributed by atoms with van der Waals surface area (Å²) < 4.78 is 5.44. The van der Waals surface area contributed by atoms with E-state index >= 15 is 0 Å². The molecule has 0 unspecified atom stereocenters. The largest absolute Gasteiger partial charge is 0.402 e. The predicted octanol–water partition coefficient (Wildman–Crippen LogP) is 2.98. The molecule has 1 aromatic carbocycles. The van der Waals surface area contributed by atoms with Crippen LogP contribution in [-0.2, 0) is 4.74 Å². The van der Waals surface area contributed by atoms with E-state index in [1.807, 2.05) is 19.1 Å². The van der Waals surface area contributed by atoms with Crippen LogP contribution < -0.4 is 10.6 Å². The zero-order valence-corrected chi connectivity index (χ0v) is 14.7. The van der Waals surface area contributed by atoms with Crippen molar-refractivity contribution in [1.82, 2.24) is 4.98 Å². The number of pyridine rings is 1. The molecule has 2 heterocycles. The molecule has 1 fully saturated rings. The van der Waals surface area contributed by atoms with E-state index in [1.54, 1.807) is 12.4 Å². The van der Waals surface area contributed by atoms with Crippen molar-refractivity contribution < 1.29 is 4.74 Å². The van der Waals surface area contributed by atoms with Gasteiger partial charge in [-0.15, -0.1) is 0 Å². The van der Waals surface area contributed by atoms with Crippen molar-refractivity contribution in [3.63, 3.8) is 0 Å². The SMILES string of the molecule is C/C(N)=C(/C(=N)c1ccncc1)c1ccc(N2CCOCC2)c(C)c1. The number of nitrogens with two attached hydrogens (primary N) is 1. The van der Waals surface area contributed by atoms with Gasteiger partial charge in [0.15, 0.2) is 0 Å². The maximum absolute atomic E-state index is 8.58. The Kier molecular flexibility index (Phi) is 5.14. The van der Waals surface area contributed by atoms with E-state index in [4.69, 9.17) is 15.9 Å². The average Bonchev–Trinajstić information content (AvgIpc) is 2.63. The molecule has 2 aromatic rings. The number of aromatic nitrogens is 1. The maximum Gasteiger partial charge on any atom is 0.0708 e. The number of nitrogens with zero attached hydrogens (tertiary/aromatic N) is 2. The molecule has 1 aromatic heterocycles. The second-order valence-electron chi connectivity index (χ2n) is 6.27. The highest BCUT2D eigenvalue weighted by atomic mass is 16.5. The van der Waals surface area contributed by atoms with Crippen LogP contribution in [0.15, 0.2) is 48.4 Å². The number of morpholine rings is 1. The van der Waals surface area contributed by atoms with Crippen molar-refractivity contribution in [1.29, 1.82) is 5.41 Å². The van der Waals surface area contributed by atoms with Gasteiger partial charge >= 0.3 is 0 Å². The van der Waals surface area contributed by atoms with E-state index in [2.05, 4.69) is 35.0 Å². The standard InChI is InChI=1S/C20H24N4O/c1-14-13-17(3-4-18(14)24-9-11-25-12-10-24)19(15(2)21)20(22)16-5-7-23-8-6-16/h3-8,13,22H,9-12,21H2,1-2H3/b19-15-,22-20?. The zero-order chi connectivity index (χ0) is 17.8. The van der Waals surface area contributed by atoms with Crippen LogP contribution in [0, 0.1) is 12.3 Å². The van der Waals surface area contributed by atoms with E-state index in [0.29, 0.717) is 11.4 Å². The Morgan fingerprint density at radius 1 is 1.12 bits per heavy atom. The monoisotopic (exact) mass is 336 g/mol. The highest BCUT2D eigenvalue weighted by Crippen LogP contribution is 2.28. The van der Waals surface area contributed by atoms with Gasteiger partial charge in [-0.1, -0.05) is 6.07 Å². The first-order chi connectivity index (χ1) is 12.1. The lowest BCUT2D eigenvalue weighted by atomic mass is 9.93. The first kappa shape index (κ1) is 17.2. The average molecular weight is 336 g/mol. The van der Waals surface area contributed by atoms with Crippen molar-refractivity contribution in [2.75, 3.05) is 31.2 Å². The number of nitrogens with one attached hydrogen (secondary N) is 1. The quantitative estimate of drug-likeness (QED) is 0.842. The Labute approximate surface area is 148 Å². The molecule has 5 nitrogen and oxygen atoms in total. The second kappa shape index (κ2) is 7.49. The molecule has 1 saturated heterocycles. The number of hydrogen-bond acceptors (Lipinski definition) is 5. The molecule has 3 rings (SSSR count). The van der Waals surface area contributed by atoms with Crippen molar-refractivity contribution >= 4 is 17.0 Å². The molecule has 5 heteroatoms. The lowest BCUT2D eigenvalue weighted by molar-refractivity contribution is 0.122. The van der Waals surface area contributed by atoms with Crippen molar-refractivity contribution in [2.24, 2.45) is 5.73 Å². The Bertz CT molecular complexity index is 789. The van der Waals surface area contributed by atoms with Gasteiger partial charge in [-0.05, 0) is 49.2 Å². The van der Waals surface area contributed by atoms with E-state index in [1.165, 1.54) is 11.3 Å². The molecule has 0 bridgehead atoms. The fourth-order valence-electron chi connectivity index (χ4n) is 3.20. The van der Waals surface area contributed by atoms with Crippen LogP contribution >= 0.6 is 0 Å². The second-order valence-corrected chi connectivity index (χ2v) is 6.27. The van der Waals surface area contributed by atoms with Gasteiger partial charge in [-0.3, -0.25) is 10.4 Å². The third kappa shape index (κ3) is 3.72. The third-order valence-electron chi connectivity index (χ3n) is 4.45. The Morgan fingerprint density at radius 3 is 2.40 bits per heavy atom. The fraction of sp³-hybridized carbons (Fsp3) is 0.300. The van der Waals surface area contributed by atoms with Gasteiger partial charge in [0.1, 0.15) is 0 Å². The highest BCUT2D eigenvalue weighted by Gasteiger charge is 2.17. The molecule has 130 valence electrons. The zero-order valence-electron chi connectivity index (χ0n) is 14.7. The minimum atomic E-state index is 0.418. The Morgan fingerprint density at radius 2 is 1.80 bits per heavy atom. The lowest BCUT2D eigenvalue weighted by Crippen LogP contribution is -2.36. The van der Waals surface area contributed by atoms with E-state index in [-0.39, 0.29) is 0 Å². The summed E-state index contributed by atoms with van der Waals surface area (Å²) in [5, 5.41) is 8.58. The normalized spacial score (nSPS) is 15.7. The summed E-state index contributed by atoms with van der Waals surface area (Å²) in [6, 6.07) is 9.96. The minimum absolute atomic E-state index is 0.418. The van der Waals surface area contributed by atoms with Crippen LogP contribution in [0.25, 0.3) is 5.57 Å². The maximum atomic E-state index is 8.58. The first-order valence-electron chi connectivity index (χ1n) is 8.47. The molecule has 1 aliphatic rings. The van der Waals surface area contributed by atoms with Crippen LogP contribution in [0.5, 0.6) is 0 Å². The van der Waals surface area contributed by atoms with Gasteiger partial charge in [0.2, 0.25) is 0 Å².